The Balaban J connectivity index is 1.44. The van der Waals surface area contributed by atoms with Gasteiger partial charge in [-0.15, -0.1) is 0 Å². The molecule has 0 atom stereocenters. The van der Waals surface area contributed by atoms with Crippen molar-refractivity contribution in [3.8, 4) is 0 Å². The molecular formula is C24H24N4O. The third-order valence-electron chi connectivity index (χ3n) is 5.17. The van der Waals surface area contributed by atoms with Crippen molar-refractivity contribution >= 4 is 22.5 Å². The molecule has 0 saturated heterocycles. The Bertz CT molecular complexity index is 1140. The lowest BCUT2D eigenvalue weighted by Gasteiger charge is -2.11. The minimum Gasteiger partial charge on any atom is -0.334 e. The zero-order valence-corrected chi connectivity index (χ0v) is 16.6. The molecule has 0 aliphatic carbocycles. The molecule has 146 valence electrons. The number of carbonyl (C=O) groups is 1. The van der Waals surface area contributed by atoms with Crippen LogP contribution in [0.2, 0.25) is 0 Å². The van der Waals surface area contributed by atoms with Crippen molar-refractivity contribution in [1.29, 1.82) is 0 Å². The summed E-state index contributed by atoms with van der Waals surface area (Å²) in [6.07, 6.45) is 0. The Morgan fingerprint density at radius 3 is 2.48 bits per heavy atom. The minimum atomic E-state index is -0.226. The zero-order chi connectivity index (χ0) is 20.2. The molecule has 2 N–H and O–H groups in total. The molecule has 0 spiro atoms. The molecule has 3 aromatic carbocycles. The third kappa shape index (κ3) is 4.14. The van der Waals surface area contributed by atoms with Gasteiger partial charge in [-0.2, -0.15) is 5.10 Å². The van der Waals surface area contributed by atoms with Gasteiger partial charge in [-0.25, -0.2) is 4.79 Å². The van der Waals surface area contributed by atoms with E-state index >= 15 is 0 Å². The number of anilines is 1. The summed E-state index contributed by atoms with van der Waals surface area (Å²) in [5, 5.41) is 12.7. The molecule has 0 aliphatic heterocycles. The Hall–Kier alpha value is -3.60. The van der Waals surface area contributed by atoms with Crippen LogP contribution in [-0.4, -0.2) is 15.8 Å². The quantitative estimate of drug-likeness (QED) is 0.507. The predicted molar refractivity (Wildman–Crippen MR) is 117 cm³/mol. The highest BCUT2D eigenvalue weighted by atomic mass is 16.2. The Morgan fingerprint density at radius 2 is 1.66 bits per heavy atom. The van der Waals surface area contributed by atoms with Gasteiger partial charge < -0.3 is 10.6 Å². The molecule has 5 heteroatoms. The van der Waals surface area contributed by atoms with Gasteiger partial charge in [-0.3, -0.25) is 4.68 Å². The van der Waals surface area contributed by atoms with Gasteiger partial charge >= 0.3 is 6.03 Å². The number of benzene rings is 3. The molecule has 5 nitrogen and oxygen atoms in total. The zero-order valence-electron chi connectivity index (χ0n) is 16.6. The molecular weight excluding hydrogens is 360 g/mol. The first-order valence-electron chi connectivity index (χ1n) is 9.71. The van der Waals surface area contributed by atoms with E-state index in [0.717, 1.165) is 40.0 Å². The van der Waals surface area contributed by atoms with E-state index in [1.807, 2.05) is 79.2 Å². The molecule has 4 rings (SSSR count). The van der Waals surface area contributed by atoms with E-state index in [9.17, 15) is 4.79 Å². The van der Waals surface area contributed by atoms with Gasteiger partial charge in [0, 0.05) is 23.2 Å². The maximum atomic E-state index is 12.5. The van der Waals surface area contributed by atoms with E-state index in [1.54, 1.807) is 0 Å². The van der Waals surface area contributed by atoms with E-state index < -0.39 is 0 Å². The van der Waals surface area contributed by atoms with Crippen LogP contribution in [0.3, 0.4) is 0 Å². The largest absolute Gasteiger partial charge is 0.334 e. The number of hydrogen-bond acceptors (Lipinski definition) is 2. The Kier molecular flexibility index (Phi) is 5.29. The van der Waals surface area contributed by atoms with Crippen LogP contribution in [0.25, 0.3) is 10.8 Å². The van der Waals surface area contributed by atoms with E-state index in [4.69, 9.17) is 0 Å². The highest BCUT2D eigenvalue weighted by Gasteiger charge is 2.13. The van der Waals surface area contributed by atoms with Crippen molar-refractivity contribution < 1.29 is 4.79 Å². The lowest BCUT2D eigenvalue weighted by molar-refractivity contribution is 0.251. The second-order valence-electron chi connectivity index (χ2n) is 7.13. The second kappa shape index (κ2) is 8.19. The van der Waals surface area contributed by atoms with Crippen LogP contribution in [0.1, 0.15) is 22.5 Å². The number of hydrogen-bond donors (Lipinski definition) is 2. The monoisotopic (exact) mass is 384 g/mol. The van der Waals surface area contributed by atoms with E-state index in [0.29, 0.717) is 6.54 Å². The van der Waals surface area contributed by atoms with Crippen molar-refractivity contribution in [1.82, 2.24) is 15.1 Å². The number of amides is 2. The van der Waals surface area contributed by atoms with Crippen LogP contribution in [0.5, 0.6) is 0 Å². The smallest absolute Gasteiger partial charge is 0.319 e. The molecule has 29 heavy (non-hydrogen) atoms. The first-order chi connectivity index (χ1) is 14.1. The van der Waals surface area contributed by atoms with Gasteiger partial charge in [-0.1, -0.05) is 66.7 Å². The van der Waals surface area contributed by atoms with Crippen LogP contribution < -0.4 is 10.6 Å². The fourth-order valence-electron chi connectivity index (χ4n) is 3.57. The van der Waals surface area contributed by atoms with Crippen LogP contribution in [-0.2, 0) is 13.1 Å². The summed E-state index contributed by atoms with van der Waals surface area (Å²) in [7, 11) is 0. The number of aryl methyl sites for hydroxylation is 1. The fraction of sp³-hybridized carbons (Fsp3) is 0.167. The summed E-state index contributed by atoms with van der Waals surface area (Å²) in [5.74, 6) is 0. The number of nitrogens with one attached hydrogen (secondary N) is 2. The van der Waals surface area contributed by atoms with Gasteiger partial charge in [0.2, 0.25) is 0 Å². The normalized spacial score (nSPS) is 10.8. The number of urea groups is 1. The van der Waals surface area contributed by atoms with E-state index in [-0.39, 0.29) is 6.03 Å². The summed E-state index contributed by atoms with van der Waals surface area (Å²) in [6, 6.07) is 23.9. The van der Waals surface area contributed by atoms with Crippen molar-refractivity contribution in [2.45, 2.75) is 26.9 Å². The summed E-state index contributed by atoms with van der Waals surface area (Å²) in [5.41, 5.74) is 5.05. The molecule has 0 unspecified atom stereocenters. The number of rotatable bonds is 5. The molecule has 0 saturated carbocycles. The predicted octanol–water partition coefficient (Wildman–Crippen LogP) is 5.02. The van der Waals surface area contributed by atoms with Crippen molar-refractivity contribution in [2.24, 2.45) is 0 Å². The number of carbonyl (C=O) groups excluding carboxylic acids is 1. The Morgan fingerprint density at radius 1 is 0.931 bits per heavy atom. The van der Waals surface area contributed by atoms with E-state index in [1.165, 1.54) is 5.56 Å². The fourth-order valence-corrected chi connectivity index (χ4v) is 3.57. The first kappa shape index (κ1) is 18.7. The van der Waals surface area contributed by atoms with Crippen molar-refractivity contribution in [2.75, 3.05) is 5.32 Å². The average Bonchev–Trinajstić information content (AvgIpc) is 3.00. The van der Waals surface area contributed by atoms with Crippen LogP contribution in [0.4, 0.5) is 10.5 Å². The number of aromatic nitrogens is 2. The molecule has 2 amide bonds. The van der Waals surface area contributed by atoms with Gasteiger partial charge in [-0.05, 0) is 30.9 Å². The topological polar surface area (TPSA) is 59.0 Å². The number of fused-ring (bicyclic) bond motifs is 1. The molecule has 1 heterocycles. The Labute approximate surface area is 170 Å². The molecule has 1 aromatic heterocycles. The molecule has 0 bridgehead atoms. The SMILES string of the molecule is Cc1nn(Cc2ccccc2)c(C)c1CNC(=O)Nc1cccc2ccccc12. The summed E-state index contributed by atoms with van der Waals surface area (Å²) >= 11 is 0. The summed E-state index contributed by atoms with van der Waals surface area (Å²) < 4.78 is 1.99. The van der Waals surface area contributed by atoms with Gasteiger partial charge in [0.1, 0.15) is 0 Å². The van der Waals surface area contributed by atoms with E-state index in [2.05, 4.69) is 27.9 Å². The average molecular weight is 384 g/mol. The molecule has 4 aromatic rings. The highest BCUT2D eigenvalue weighted by molar-refractivity contribution is 6.01. The third-order valence-corrected chi connectivity index (χ3v) is 5.17. The van der Waals surface area contributed by atoms with Crippen LogP contribution in [0, 0.1) is 13.8 Å². The minimum absolute atomic E-state index is 0.226. The molecule has 0 fully saturated rings. The van der Waals surface area contributed by atoms with Crippen molar-refractivity contribution in [3.05, 3.63) is 95.3 Å². The standard InChI is InChI=1S/C24H24N4O/c1-17-22(18(2)28(27-17)16-19-9-4-3-5-10-19)15-25-24(29)26-23-14-8-12-20-11-6-7-13-21(20)23/h3-14H,15-16H2,1-2H3,(H2,25,26,29). The van der Waals surface area contributed by atoms with Crippen LogP contribution >= 0.6 is 0 Å². The maximum absolute atomic E-state index is 12.5. The maximum Gasteiger partial charge on any atom is 0.319 e. The summed E-state index contributed by atoms with van der Waals surface area (Å²) in [6.45, 7) is 5.18. The number of nitrogens with zero attached hydrogens (tertiary/aromatic N) is 2. The molecule has 0 radical (unpaired) electrons. The van der Waals surface area contributed by atoms with Gasteiger partial charge in [0.05, 0.1) is 17.9 Å². The lowest BCUT2D eigenvalue weighted by Crippen LogP contribution is -2.28. The molecule has 0 aliphatic rings. The van der Waals surface area contributed by atoms with Crippen LogP contribution in [0.15, 0.2) is 72.8 Å². The lowest BCUT2D eigenvalue weighted by atomic mass is 10.1. The van der Waals surface area contributed by atoms with Gasteiger partial charge in [0.15, 0.2) is 0 Å². The first-order valence-corrected chi connectivity index (χ1v) is 9.71. The summed E-state index contributed by atoms with van der Waals surface area (Å²) in [4.78, 5) is 12.5. The van der Waals surface area contributed by atoms with Gasteiger partial charge in [0.25, 0.3) is 0 Å². The highest BCUT2D eigenvalue weighted by Crippen LogP contribution is 2.23. The second-order valence-corrected chi connectivity index (χ2v) is 7.13. The van der Waals surface area contributed by atoms with Crippen molar-refractivity contribution in [3.63, 3.8) is 0 Å².